The van der Waals surface area contributed by atoms with Crippen LogP contribution in [0.2, 0.25) is 4.47 Å². The summed E-state index contributed by atoms with van der Waals surface area (Å²) in [5.74, 6) is 5.92. The van der Waals surface area contributed by atoms with E-state index in [4.69, 9.17) is 0 Å². The molecule has 16 heavy (non-hydrogen) atoms. The molecule has 0 aromatic carbocycles. The summed E-state index contributed by atoms with van der Waals surface area (Å²) in [6.07, 6.45) is 1.61. The molecule has 92 valence electrons. The van der Waals surface area contributed by atoms with Crippen LogP contribution in [0.3, 0.4) is 0 Å². The van der Waals surface area contributed by atoms with Crippen molar-refractivity contribution >= 4 is 88.9 Å². The molecular formula is C10H16S4Te2. The second-order valence-corrected chi connectivity index (χ2v) is 22.0. The maximum atomic E-state index is 2.40. The molecule has 0 aromatic heterocycles. The van der Waals surface area contributed by atoms with Gasteiger partial charge in [-0.2, -0.15) is 0 Å². The van der Waals surface area contributed by atoms with Crippen LogP contribution in [0.25, 0.3) is 0 Å². The van der Waals surface area contributed by atoms with Gasteiger partial charge in [0.1, 0.15) is 0 Å². The second-order valence-electron chi connectivity index (χ2n) is 4.09. The summed E-state index contributed by atoms with van der Waals surface area (Å²) in [7, 11) is 0. The van der Waals surface area contributed by atoms with Gasteiger partial charge in [0.25, 0.3) is 0 Å². The minimum atomic E-state index is 0.354. The van der Waals surface area contributed by atoms with E-state index in [-0.39, 0.29) is 0 Å². The molecule has 3 heterocycles. The molecule has 3 rings (SSSR count). The Morgan fingerprint density at radius 3 is 2.44 bits per heavy atom. The third kappa shape index (κ3) is 5.16. The molecule has 0 aliphatic carbocycles. The van der Waals surface area contributed by atoms with Gasteiger partial charge in [0.15, 0.2) is 0 Å². The molecule has 0 aromatic rings. The predicted molar refractivity (Wildman–Crippen MR) is 85.9 cm³/mol. The van der Waals surface area contributed by atoms with Gasteiger partial charge in [-0.05, 0) is 0 Å². The first kappa shape index (κ1) is 13.9. The summed E-state index contributed by atoms with van der Waals surface area (Å²) in [6, 6.07) is 0. The fourth-order valence-corrected chi connectivity index (χ4v) is 24.6. The van der Waals surface area contributed by atoms with Crippen LogP contribution in [0.4, 0.5) is 0 Å². The topological polar surface area (TPSA) is 0 Å². The standard InChI is InChI=1S/C10H16S4Te2/c1-2-15-10(14-6-8-4-12-8)16-9(1)13-5-7-3-11-7/h7-10H,1-6H2. The van der Waals surface area contributed by atoms with Gasteiger partial charge in [-0.3, -0.25) is 0 Å². The van der Waals surface area contributed by atoms with Crippen molar-refractivity contribution in [3.05, 3.63) is 0 Å². The van der Waals surface area contributed by atoms with Crippen LogP contribution >= 0.6 is 47.0 Å². The van der Waals surface area contributed by atoms with Crippen LogP contribution in [0, 0.1) is 0 Å². The normalized spacial score (nSPS) is 42.0. The molecule has 4 atom stereocenters. The fraction of sp³-hybridized carbons (Fsp3) is 1.00. The van der Waals surface area contributed by atoms with Crippen molar-refractivity contribution < 1.29 is 0 Å². The average molecular weight is 520 g/mol. The van der Waals surface area contributed by atoms with E-state index in [1.807, 2.05) is 0 Å². The van der Waals surface area contributed by atoms with Crippen molar-refractivity contribution in [3.8, 4) is 0 Å². The van der Waals surface area contributed by atoms with Crippen LogP contribution in [0.15, 0.2) is 0 Å². The summed E-state index contributed by atoms with van der Waals surface area (Å²) in [6.45, 7) is 0. The van der Waals surface area contributed by atoms with Crippen molar-refractivity contribution in [3.63, 3.8) is 0 Å². The van der Waals surface area contributed by atoms with E-state index >= 15 is 0 Å². The third-order valence-corrected chi connectivity index (χ3v) is 21.9. The van der Waals surface area contributed by atoms with Crippen molar-refractivity contribution in [2.75, 3.05) is 23.0 Å². The Kier molecular flexibility index (Phi) is 6.20. The van der Waals surface area contributed by atoms with Gasteiger partial charge in [0.05, 0.1) is 0 Å². The number of thioether (sulfide) groups is 4. The van der Waals surface area contributed by atoms with Gasteiger partial charge < -0.3 is 0 Å². The van der Waals surface area contributed by atoms with E-state index < -0.39 is 0 Å². The SMILES string of the molecule is C1CC(SCC2CS2)[Te]C(SCC2CS2)[Te]1. The first-order valence-corrected chi connectivity index (χ1v) is 15.5. The Morgan fingerprint density at radius 2 is 1.75 bits per heavy atom. The van der Waals surface area contributed by atoms with Crippen LogP contribution in [-0.2, 0) is 0 Å². The first-order valence-electron chi connectivity index (χ1n) is 5.63. The molecule has 0 N–H and O–H groups in total. The molecule has 3 aliphatic heterocycles. The molecule has 0 nitrogen and oxygen atoms in total. The molecule has 3 saturated heterocycles. The minimum absolute atomic E-state index is 0.354. The molecule has 3 aliphatic rings. The summed E-state index contributed by atoms with van der Waals surface area (Å²) < 4.78 is 4.07. The average Bonchev–Trinajstić information content (AvgIpc) is 3.17. The van der Waals surface area contributed by atoms with Crippen molar-refractivity contribution in [2.45, 2.75) is 26.0 Å². The first-order chi connectivity index (χ1) is 7.90. The molecule has 0 radical (unpaired) electrons. The summed E-state index contributed by atoms with van der Waals surface area (Å²) in [5.41, 5.74) is 0. The predicted octanol–water partition coefficient (Wildman–Crippen LogP) is 2.52. The molecule has 3 fully saturated rings. The van der Waals surface area contributed by atoms with E-state index in [0.717, 1.165) is 13.8 Å². The Morgan fingerprint density at radius 1 is 1.06 bits per heavy atom. The van der Waals surface area contributed by atoms with E-state index in [1.165, 1.54) is 24.4 Å². The van der Waals surface area contributed by atoms with Gasteiger partial charge in [0, 0.05) is 0 Å². The number of hydrogen-bond donors (Lipinski definition) is 0. The van der Waals surface area contributed by atoms with E-state index in [9.17, 15) is 0 Å². The van der Waals surface area contributed by atoms with E-state index in [0.29, 0.717) is 41.8 Å². The Balaban J connectivity index is 1.34. The zero-order valence-electron chi connectivity index (χ0n) is 9.00. The number of rotatable bonds is 6. The molecule has 0 amide bonds. The summed E-state index contributed by atoms with van der Waals surface area (Å²) in [4.78, 5) is 0. The zero-order chi connectivity index (χ0) is 10.8. The van der Waals surface area contributed by atoms with Crippen molar-refractivity contribution in [1.29, 1.82) is 0 Å². The Bertz CT molecular complexity index is 211. The zero-order valence-corrected chi connectivity index (χ0v) is 16.9. The Hall–Kier alpha value is 2.98. The Labute approximate surface area is 136 Å². The third-order valence-electron chi connectivity index (χ3n) is 2.56. The van der Waals surface area contributed by atoms with Crippen molar-refractivity contribution in [2.24, 2.45) is 0 Å². The molecule has 6 heteroatoms. The van der Waals surface area contributed by atoms with Crippen LogP contribution in [0.1, 0.15) is 6.42 Å². The van der Waals surface area contributed by atoms with Crippen molar-refractivity contribution in [1.82, 2.24) is 0 Å². The summed E-state index contributed by atoms with van der Waals surface area (Å²) in [5, 5.41) is 2.13. The van der Waals surface area contributed by atoms with E-state index in [1.54, 1.807) is 10.9 Å². The van der Waals surface area contributed by atoms with Crippen LogP contribution in [0.5, 0.6) is 0 Å². The number of hydrogen-bond acceptors (Lipinski definition) is 4. The van der Waals surface area contributed by atoms with Gasteiger partial charge in [0.2, 0.25) is 0 Å². The fourth-order valence-electron chi connectivity index (χ4n) is 1.43. The monoisotopic (exact) mass is 524 g/mol. The van der Waals surface area contributed by atoms with Gasteiger partial charge in [-0.1, -0.05) is 0 Å². The van der Waals surface area contributed by atoms with Gasteiger partial charge >= 0.3 is 138 Å². The quantitative estimate of drug-likeness (QED) is 0.391. The molecular weight excluding hydrogens is 504 g/mol. The van der Waals surface area contributed by atoms with E-state index in [2.05, 4.69) is 47.0 Å². The second kappa shape index (κ2) is 7.12. The molecule has 0 bridgehead atoms. The molecule has 4 unspecified atom stereocenters. The van der Waals surface area contributed by atoms with Crippen LogP contribution < -0.4 is 0 Å². The maximum absolute atomic E-state index is 2.40. The van der Waals surface area contributed by atoms with Crippen LogP contribution in [-0.4, -0.2) is 80.0 Å². The molecule has 0 saturated carbocycles. The van der Waals surface area contributed by atoms with Gasteiger partial charge in [-0.25, -0.2) is 0 Å². The summed E-state index contributed by atoms with van der Waals surface area (Å²) >= 11 is 9.89. The van der Waals surface area contributed by atoms with Gasteiger partial charge in [-0.15, -0.1) is 0 Å². The molecule has 0 spiro atoms.